The van der Waals surface area contributed by atoms with Crippen molar-refractivity contribution < 1.29 is 22.7 Å². The van der Waals surface area contributed by atoms with Gasteiger partial charge in [-0.2, -0.15) is 13.2 Å². The maximum Gasteiger partial charge on any atom is 0.416 e. The van der Waals surface area contributed by atoms with E-state index >= 15 is 0 Å². The summed E-state index contributed by atoms with van der Waals surface area (Å²) in [5.41, 5.74) is 0.329. The Labute approximate surface area is 167 Å². The first-order chi connectivity index (χ1) is 13.8. The van der Waals surface area contributed by atoms with Gasteiger partial charge in [-0.15, -0.1) is 0 Å². The number of benzene rings is 2. The van der Waals surface area contributed by atoms with Crippen LogP contribution in [-0.4, -0.2) is 55.1 Å². The summed E-state index contributed by atoms with van der Waals surface area (Å²) in [6.45, 7) is 4.27. The van der Waals surface area contributed by atoms with Gasteiger partial charge in [0.15, 0.2) is 0 Å². The predicted molar refractivity (Wildman–Crippen MR) is 102 cm³/mol. The maximum atomic E-state index is 13.0. The van der Waals surface area contributed by atoms with Gasteiger partial charge in [0.05, 0.1) is 18.8 Å². The van der Waals surface area contributed by atoms with Gasteiger partial charge in [-0.05, 0) is 23.8 Å². The van der Waals surface area contributed by atoms with Crippen molar-refractivity contribution in [2.24, 2.45) is 5.41 Å². The van der Waals surface area contributed by atoms with Crippen molar-refractivity contribution in [2.45, 2.75) is 12.7 Å². The molecule has 154 valence electrons. The second-order valence-electron chi connectivity index (χ2n) is 7.99. The van der Waals surface area contributed by atoms with Gasteiger partial charge in [0.1, 0.15) is 0 Å². The van der Waals surface area contributed by atoms with Crippen LogP contribution in [0.25, 0.3) is 0 Å². The fourth-order valence-corrected chi connectivity index (χ4v) is 4.22. The van der Waals surface area contributed by atoms with E-state index in [1.54, 1.807) is 4.90 Å². The summed E-state index contributed by atoms with van der Waals surface area (Å²) >= 11 is 0. The van der Waals surface area contributed by atoms with Crippen molar-refractivity contribution in [3.8, 4) is 0 Å². The molecule has 4 rings (SSSR count). The summed E-state index contributed by atoms with van der Waals surface area (Å²) in [6, 6.07) is 14.8. The van der Waals surface area contributed by atoms with E-state index in [1.165, 1.54) is 17.7 Å². The lowest BCUT2D eigenvalue weighted by atomic mass is 9.79. The van der Waals surface area contributed by atoms with Gasteiger partial charge < -0.3 is 9.64 Å². The zero-order valence-electron chi connectivity index (χ0n) is 16.0. The van der Waals surface area contributed by atoms with Crippen LogP contribution < -0.4 is 0 Å². The van der Waals surface area contributed by atoms with Crippen LogP contribution in [0.1, 0.15) is 21.5 Å². The Morgan fingerprint density at radius 3 is 2.52 bits per heavy atom. The Morgan fingerprint density at radius 2 is 1.79 bits per heavy atom. The number of likely N-dealkylation sites (tertiary alicyclic amines) is 1. The lowest BCUT2D eigenvalue weighted by Gasteiger charge is -2.50. The smallest absolute Gasteiger partial charge is 0.379 e. The van der Waals surface area contributed by atoms with Crippen LogP contribution in [0.15, 0.2) is 54.6 Å². The first kappa shape index (κ1) is 19.9. The molecule has 0 aromatic heterocycles. The molecule has 0 unspecified atom stereocenters. The third-order valence-electron chi connectivity index (χ3n) is 5.53. The first-order valence-corrected chi connectivity index (χ1v) is 9.65. The second kappa shape index (κ2) is 7.80. The van der Waals surface area contributed by atoms with Crippen LogP contribution in [0.4, 0.5) is 13.2 Å². The molecular weight excluding hydrogens is 381 g/mol. The number of carbonyl (C=O) groups is 1. The number of hydrogen-bond acceptors (Lipinski definition) is 3. The van der Waals surface area contributed by atoms with Gasteiger partial charge in [0.25, 0.3) is 5.91 Å². The minimum Gasteiger partial charge on any atom is -0.379 e. The Kier molecular flexibility index (Phi) is 5.36. The molecule has 0 atom stereocenters. The highest BCUT2D eigenvalue weighted by Gasteiger charge is 2.46. The molecule has 29 heavy (non-hydrogen) atoms. The van der Waals surface area contributed by atoms with E-state index in [9.17, 15) is 18.0 Å². The number of amides is 1. The summed E-state index contributed by atoms with van der Waals surface area (Å²) in [6.07, 6.45) is -4.47. The van der Waals surface area contributed by atoms with Gasteiger partial charge in [0, 0.05) is 43.7 Å². The molecule has 2 fully saturated rings. The summed E-state index contributed by atoms with van der Waals surface area (Å²) in [5, 5.41) is 0. The van der Waals surface area contributed by atoms with Crippen LogP contribution in [0.5, 0.6) is 0 Å². The molecule has 2 saturated heterocycles. The minimum absolute atomic E-state index is 0.0670. The fourth-order valence-electron chi connectivity index (χ4n) is 4.22. The predicted octanol–water partition coefficient (Wildman–Crippen LogP) is 3.68. The van der Waals surface area contributed by atoms with Crippen molar-refractivity contribution in [1.82, 2.24) is 9.80 Å². The summed E-state index contributed by atoms with van der Waals surface area (Å²) in [5.74, 6) is -0.373. The molecule has 1 spiro atoms. The molecule has 7 heteroatoms. The highest BCUT2D eigenvalue weighted by Crippen LogP contribution is 2.35. The van der Waals surface area contributed by atoms with E-state index in [2.05, 4.69) is 17.0 Å². The molecule has 0 saturated carbocycles. The average Bonchev–Trinajstić information content (AvgIpc) is 2.91. The SMILES string of the molecule is O=C(c1cccc(C(F)(F)F)c1)N1CCOCC2(CN(Cc3ccccc3)C2)C1. The largest absolute Gasteiger partial charge is 0.416 e. The molecule has 4 nitrogen and oxygen atoms in total. The lowest BCUT2D eigenvalue weighted by molar-refractivity contribution is -0.137. The van der Waals surface area contributed by atoms with Gasteiger partial charge in [-0.1, -0.05) is 36.4 Å². The molecule has 2 aliphatic heterocycles. The molecule has 2 aromatic rings. The molecule has 0 N–H and O–H groups in total. The van der Waals surface area contributed by atoms with Crippen LogP contribution in [0, 0.1) is 5.41 Å². The number of ether oxygens (including phenoxy) is 1. The van der Waals surface area contributed by atoms with E-state index < -0.39 is 11.7 Å². The quantitative estimate of drug-likeness (QED) is 0.783. The summed E-state index contributed by atoms with van der Waals surface area (Å²) in [7, 11) is 0. The van der Waals surface area contributed by atoms with E-state index in [1.807, 2.05) is 18.2 Å². The zero-order valence-corrected chi connectivity index (χ0v) is 16.0. The van der Waals surface area contributed by atoms with Crippen molar-refractivity contribution >= 4 is 5.91 Å². The normalized spacial score (nSPS) is 19.6. The van der Waals surface area contributed by atoms with Gasteiger partial charge in [0.2, 0.25) is 0 Å². The molecule has 1 amide bonds. The Balaban J connectivity index is 1.43. The molecule has 0 radical (unpaired) electrons. The van der Waals surface area contributed by atoms with Crippen molar-refractivity contribution in [2.75, 3.05) is 39.4 Å². The van der Waals surface area contributed by atoms with E-state index in [-0.39, 0.29) is 16.9 Å². The Bertz CT molecular complexity index is 864. The number of nitrogens with zero attached hydrogens (tertiary/aromatic N) is 2. The zero-order chi connectivity index (χ0) is 20.5. The minimum atomic E-state index is -4.47. The molecule has 2 aliphatic rings. The fraction of sp³-hybridized carbons (Fsp3) is 0.409. The van der Waals surface area contributed by atoms with Gasteiger partial charge >= 0.3 is 6.18 Å². The average molecular weight is 404 g/mol. The van der Waals surface area contributed by atoms with Crippen molar-refractivity contribution in [3.05, 3.63) is 71.3 Å². The van der Waals surface area contributed by atoms with E-state index in [4.69, 9.17) is 4.74 Å². The van der Waals surface area contributed by atoms with Gasteiger partial charge in [-0.25, -0.2) is 0 Å². The number of halogens is 3. The molecule has 0 aliphatic carbocycles. The maximum absolute atomic E-state index is 13.0. The first-order valence-electron chi connectivity index (χ1n) is 9.65. The Hall–Kier alpha value is -2.38. The molecular formula is C22H23F3N2O2. The number of rotatable bonds is 3. The van der Waals surface area contributed by atoms with E-state index in [0.29, 0.717) is 26.3 Å². The summed E-state index contributed by atoms with van der Waals surface area (Å²) < 4.78 is 44.7. The third-order valence-corrected chi connectivity index (χ3v) is 5.53. The monoisotopic (exact) mass is 404 g/mol. The van der Waals surface area contributed by atoms with Crippen LogP contribution in [-0.2, 0) is 17.5 Å². The lowest BCUT2D eigenvalue weighted by Crippen LogP contribution is -2.62. The standard InChI is InChI=1S/C22H23F3N2O2/c23-22(24,25)19-8-4-7-18(11-19)20(28)27-9-10-29-16-21(15-27)13-26(14-21)12-17-5-2-1-3-6-17/h1-8,11H,9-10,12-16H2. The van der Waals surface area contributed by atoms with Crippen molar-refractivity contribution in [1.29, 1.82) is 0 Å². The van der Waals surface area contributed by atoms with Crippen LogP contribution >= 0.6 is 0 Å². The van der Waals surface area contributed by atoms with Gasteiger partial charge in [-0.3, -0.25) is 9.69 Å². The van der Waals surface area contributed by atoms with Crippen molar-refractivity contribution in [3.63, 3.8) is 0 Å². The second-order valence-corrected chi connectivity index (χ2v) is 7.99. The van der Waals surface area contributed by atoms with Crippen LogP contribution in [0.2, 0.25) is 0 Å². The highest BCUT2D eigenvalue weighted by atomic mass is 19.4. The number of alkyl halides is 3. The third kappa shape index (κ3) is 4.46. The number of carbonyl (C=O) groups excluding carboxylic acids is 1. The number of hydrogen-bond donors (Lipinski definition) is 0. The molecule has 2 heterocycles. The Morgan fingerprint density at radius 1 is 1.03 bits per heavy atom. The summed E-state index contributed by atoms with van der Waals surface area (Å²) in [4.78, 5) is 16.9. The molecule has 0 bridgehead atoms. The highest BCUT2D eigenvalue weighted by molar-refractivity contribution is 5.94. The molecule has 2 aromatic carbocycles. The topological polar surface area (TPSA) is 32.8 Å². The van der Waals surface area contributed by atoms with Crippen LogP contribution in [0.3, 0.4) is 0 Å². The van der Waals surface area contributed by atoms with E-state index in [0.717, 1.165) is 31.8 Å².